The third-order valence-electron chi connectivity index (χ3n) is 6.51. The van der Waals surface area contributed by atoms with E-state index in [4.69, 9.17) is 0 Å². The van der Waals surface area contributed by atoms with Gasteiger partial charge in [0.1, 0.15) is 0 Å². The van der Waals surface area contributed by atoms with Gasteiger partial charge in [0, 0.05) is 11.1 Å². The van der Waals surface area contributed by atoms with E-state index >= 15 is 0 Å². The summed E-state index contributed by atoms with van der Waals surface area (Å²) < 4.78 is 57.9. The minimum absolute atomic E-state index is 0.121. The van der Waals surface area contributed by atoms with Crippen molar-refractivity contribution in [3.05, 3.63) is 69.8 Å². The molecule has 154 valence electrons. The minimum atomic E-state index is -1.09. The molecule has 2 aliphatic rings. The van der Waals surface area contributed by atoms with Gasteiger partial charge in [0.25, 0.3) is 0 Å². The maximum atomic E-state index is 14.8. The summed E-state index contributed by atoms with van der Waals surface area (Å²) in [4.78, 5) is 0. The molecular formula is C25H26F4. The van der Waals surface area contributed by atoms with Gasteiger partial charge >= 0.3 is 0 Å². The van der Waals surface area contributed by atoms with Crippen molar-refractivity contribution < 1.29 is 17.6 Å². The third kappa shape index (κ3) is 3.74. The fourth-order valence-electron chi connectivity index (χ4n) is 4.77. The van der Waals surface area contributed by atoms with Gasteiger partial charge < -0.3 is 0 Å². The molecule has 0 nitrogen and oxygen atoms in total. The Morgan fingerprint density at radius 3 is 2.17 bits per heavy atom. The van der Waals surface area contributed by atoms with Crippen LogP contribution in [0.5, 0.6) is 0 Å². The Hall–Kier alpha value is -2.10. The van der Waals surface area contributed by atoms with E-state index in [2.05, 4.69) is 19.1 Å². The summed E-state index contributed by atoms with van der Waals surface area (Å²) in [6, 6.07) is 3.15. The number of benzene rings is 2. The Bertz CT molecular complexity index is 966. The van der Waals surface area contributed by atoms with Crippen LogP contribution in [0, 0.1) is 42.0 Å². The lowest BCUT2D eigenvalue weighted by molar-refractivity contribution is 0.330. The van der Waals surface area contributed by atoms with Crippen molar-refractivity contribution in [2.24, 2.45) is 11.8 Å². The summed E-state index contributed by atoms with van der Waals surface area (Å²) in [5, 5.41) is 0. The van der Waals surface area contributed by atoms with E-state index < -0.39 is 23.3 Å². The minimum Gasteiger partial charge on any atom is -0.203 e. The van der Waals surface area contributed by atoms with Crippen LogP contribution in [0.25, 0.3) is 11.1 Å². The fourth-order valence-corrected chi connectivity index (χ4v) is 4.77. The smallest absolute Gasteiger partial charge is 0.167 e. The zero-order valence-corrected chi connectivity index (χ0v) is 16.9. The van der Waals surface area contributed by atoms with Crippen molar-refractivity contribution in [1.29, 1.82) is 0 Å². The molecule has 0 N–H and O–H groups in total. The molecule has 29 heavy (non-hydrogen) atoms. The van der Waals surface area contributed by atoms with Crippen LogP contribution in [0.3, 0.4) is 0 Å². The molecular weight excluding hydrogens is 376 g/mol. The van der Waals surface area contributed by atoms with Gasteiger partial charge in [-0.25, -0.2) is 17.6 Å². The average molecular weight is 402 g/mol. The second-order valence-electron chi connectivity index (χ2n) is 8.72. The summed E-state index contributed by atoms with van der Waals surface area (Å²) >= 11 is 0. The van der Waals surface area contributed by atoms with Gasteiger partial charge in [0.15, 0.2) is 23.3 Å². The molecule has 1 saturated carbocycles. The van der Waals surface area contributed by atoms with E-state index in [1.165, 1.54) is 38.7 Å². The van der Waals surface area contributed by atoms with Crippen LogP contribution >= 0.6 is 0 Å². The maximum absolute atomic E-state index is 14.8. The largest absolute Gasteiger partial charge is 0.203 e. The van der Waals surface area contributed by atoms with Crippen LogP contribution < -0.4 is 0 Å². The maximum Gasteiger partial charge on any atom is 0.167 e. The highest BCUT2D eigenvalue weighted by Crippen LogP contribution is 2.43. The summed E-state index contributed by atoms with van der Waals surface area (Å²) in [7, 11) is 0. The van der Waals surface area contributed by atoms with Crippen molar-refractivity contribution in [3.63, 3.8) is 0 Å². The average Bonchev–Trinajstić information content (AvgIpc) is 3.06. The molecule has 4 rings (SSSR count). The van der Waals surface area contributed by atoms with Crippen molar-refractivity contribution in [1.82, 2.24) is 0 Å². The summed E-state index contributed by atoms with van der Waals surface area (Å²) in [6.45, 7) is 3.76. The molecule has 0 radical (unpaired) electrons. The first-order chi connectivity index (χ1) is 13.9. The van der Waals surface area contributed by atoms with Crippen LogP contribution in [0.2, 0.25) is 0 Å². The second kappa shape index (κ2) is 7.97. The first-order valence-corrected chi connectivity index (χ1v) is 10.5. The van der Waals surface area contributed by atoms with E-state index in [1.807, 2.05) is 0 Å². The lowest BCUT2D eigenvalue weighted by atomic mass is 9.83. The molecule has 2 aliphatic carbocycles. The van der Waals surface area contributed by atoms with Gasteiger partial charge in [0.05, 0.1) is 0 Å². The number of hydrogen-bond donors (Lipinski definition) is 0. The molecule has 0 unspecified atom stereocenters. The topological polar surface area (TPSA) is 0 Å². The third-order valence-corrected chi connectivity index (χ3v) is 6.51. The van der Waals surface area contributed by atoms with Gasteiger partial charge in [-0.3, -0.25) is 0 Å². The van der Waals surface area contributed by atoms with Crippen LogP contribution in [0.15, 0.2) is 24.3 Å². The molecule has 4 heteroatoms. The lowest BCUT2D eigenvalue weighted by Gasteiger charge is -2.23. The number of rotatable bonds is 4. The quantitative estimate of drug-likeness (QED) is 0.314. The number of allylic oxidation sites excluding steroid dienone is 2. The van der Waals surface area contributed by atoms with Gasteiger partial charge in [-0.2, -0.15) is 0 Å². The van der Waals surface area contributed by atoms with Gasteiger partial charge in [-0.1, -0.05) is 44.1 Å². The number of fused-ring (bicyclic) bond motifs is 3. The highest BCUT2D eigenvalue weighted by atomic mass is 19.2. The van der Waals surface area contributed by atoms with Crippen molar-refractivity contribution >= 4 is 0 Å². The van der Waals surface area contributed by atoms with E-state index in [-0.39, 0.29) is 16.7 Å². The molecule has 2 aromatic rings. The van der Waals surface area contributed by atoms with Gasteiger partial charge in [-0.15, -0.1) is 0 Å². The number of hydrogen-bond acceptors (Lipinski definition) is 0. The molecule has 0 aromatic heterocycles. The number of halogens is 4. The molecule has 2 aromatic carbocycles. The Balaban J connectivity index is 1.53. The zero-order chi connectivity index (χ0) is 20.7. The standard InChI is InChI=1S/C25H26F4/c1-14-7-9-16(10-8-14)5-3-4-6-17-12-19-13-18-11-15(2)22(26)24(28)20(18)21(19)25(29)23(17)27/h3,5,11-12,14,16H,4,6-10,13H2,1-2H3/b5-3+. The highest BCUT2D eigenvalue weighted by molar-refractivity contribution is 5.78. The Morgan fingerprint density at radius 2 is 1.48 bits per heavy atom. The van der Waals surface area contributed by atoms with Crippen molar-refractivity contribution in [3.8, 4) is 11.1 Å². The first kappa shape index (κ1) is 20.2. The van der Waals surface area contributed by atoms with E-state index in [0.717, 1.165) is 5.92 Å². The van der Waals surface area contributed by atoms with Crippen LogP contribution in [0.1, 0.15) is 61.3 Å². The predicted octanol–water partition coefficient (Wildman–Crippen LogP) is 7.44. The van der Waals surface area contributed by atoms with Gasteiger partial charge in [-0.05, 0) is 73.1 Å². The molecule has 1 fully saturated rings. The predicted molar refractivity (Wildman–Crippen MR) is 108 cm³/mol. The second-order valence-corrected chi connectivity index (χ2v) is 8.72. The molecule has 0 amide bonds. The van der Waals surface area contributed by atoms with Crippen LogP contribution in [-0.2, 0) is 12.8 Å². The Labute approximate surface area is 169 Å². The SMILES string of the molecule is Cc1cc2c(c(F)c1F)-c1c(cc(CC/C=C/C3CCC(C)CC3)c(F)c1F)C2. The van der Waals surface area contributed by atoms with E-state index in [1.54, 1.807) is 6.07 Å². The molecule has 0 spiro atoms. The van der Waals surface area contributed by atoms with Crippen LogP contribution in [0.4, 0.5) is 17.6 Å². The summed E-state index contributed by atoms with van der Waals surface area (Å²) in [5.74, 6) is -2.71. The molecule has 0 saturated heterocycles. The highest BCUT2D eigenvalue weighted by Gasteiger charge is 2.31. The molecule has 0 bridgehead atoms. The summed E-state index contributed by atoms with van der Waals surface area (Å²) in [5.41, 5.74) is 1.27. The normalized spacial score (nSPS) is 20.9. The van der Waals surface area contributed by atoms with Gasteiger partial charge in [0.2, 0.25) is 0 Å². The lowest BCUT2D eigenvalue weighted by Crippen LogP contribution is -2.10. The fraction of sp³-hybridized carbons (Fsp3) is 0.440. The first-order valence-electron chi connectivity index (χ1n) is 10.5. The molecule has 0 aliphatic heterocycles. The Kier molecular flexibility index (Phi) is 5.54. The molecule has 0 atom stereocenters. The summed E-state index contributed by atoms with van der Waals surface area (Å²) in [6.07, 6.45) is 10.5. The van der Waals surface area contributed by atoms with Crippen molar-refractivity contribution in [2.75, 3.05) is 0 Å². The van der Waals surface area contributed by atoms with E-state index in [0.29, 0.717) is 41.9 Å². The van der Waals surface area contributed by atoms with E-state index in [9.17, 15) is 17.6 Å². The van der Waals surface area contributed by atoms with Crippen LogP contribution in [-0.4, -0.2) is 0 Å². The number of aryl methyl sites for hydroxylation is 2. The zero-order valence-electron chi connectivity index (χ0n) is 16.9. The van der Waals surface area contributed by atoms with Crippen molar-refractivity contribution in [2.45, 2.75) is 58.8 Å². The monoisotopic (exact) mass is 402 g/mol. The Morgan fingerprint density at radius 1 is 0.862 bits per heavy atom. The molecule has 0 heterocycles.